The fourth-order valence-electron chi connectivity index (χ4n) is 1.95. The monoisotopic (exact) mass is 294 g/mol. The summed E-state index contributed by atoms with van der Waals surface area (Å²) in [6, 6.07) is 6.93. The van der Waals surface area contributed by atoms with Crippen molar-refractivity contribution in [3.8, 4) is 5.75 Å². The Kier molecular flexibility index (Phi) is 6.02. The molecule has 1 aromatic rings. The van der Waals surface area contributed by atoms with Gasteiger partial charge < -0.3 is 19.6 Å². The Morgan fingerprint density at radius 2 is 2.00 bits per heavy atom. The van der Waals surface area contributed by atoms with Crippen LogP contribution in [0.15, 0.2) is 24.3 Å². The van der Waals surface area contributed by atoms with Crippen molar-refractivity contribution in [2.24, 2.45) is 0 Å². The molecule has 0 spiro atoms. The number of methoxy groups -OCH3 is 1. The number of aliphatic carboxylic acids is 1. The quantitative estimate of drug-likeness (QED) is 0.871. The molecule has 0 fully saturated rings. The maximum atomic E-state index is 12.3. The lowest BCUT2D eigenvalue weighted by Gasteiger charge is -2.30. The number of carbonyl (C=O) groups is 2. The van der Waals surface area contributed by atoms with Crippen LogP contribution >= 0.6 is 0 Å². The lowest BCUT2D eigenvalue weighted by Crippen LogP contribution is -2.46. The summed E-state index contributed by atoms with van der Waals surface area (Å²) in [5.74, 6) is -0.300. The average Bonchev–Trinajstić information content (AvgIpc) is 2.43. The molecular formula is C15H22N2O4. The van der Waals surface area contributed by atoms with E-state index in [1.807, 2.05) is 24.3 Å². The number of carbonyl (C=O) groups excluding carboxylic acids is 1. The molecule has 0 saturated heterocycles. The van der Waals surface area contributed by atoms with Crippen LogP contribution in [0.1, 0.15) is 19.4 Å². The first-order chi connectivity index (χ1) is 9.85. The van der Waals surface area contributed by atoms with Gasteiger partial charge in [-0.15, -0.1) is 0 Å². The predicted molar refractivity (Wildman–Crippen MR) is 79.3 cm³/mol. The average molecular weight is 294 g/mol. The van der Waals surface area contributed by atoms with Gasteiger partial charge in [0.1, 0.15) is 12.3 Å². The van der Waals surface area contributed by atoms with Gasteiger partial charge in [-0.3, -0.25) is 4.79 Å². The SMILES string of the molecule is COc1cccc(CN(C)C(=O)N(CC(=O)O)C(C)C)c1. The van der Waals surface area contributed by atoms with E-state index < -0.39 is 5.97 Å². The van der Waals surface area contributed by atoms with Crippen LogP contribution in [0.5, 0.6) is 5.75 Å². The number of carboxylic acid groups (broad SMARTS) is 1. The minimum absolute atomic E-state index is 0.179. The number of carboxylic acids is 1. The van der Waals surface area contributed by atoms with Gasteiger partial charge in [-0.2, -0.15) is 0 Å². The molecule has 0 bridgehead atoms. The van der Waals surface area contributed by atoms with Crippen LogP contribution in [0.25, 0.3) is 0 Å². The molecule has 0 aliphatic rings. The molecule has 0 aliphatic heterocycles. The Hall–Kier alpha value is -2.24. The van der Waals surface area contributed by atoms with Crippen LogP contribution in [0.2, 0.25) is 0 Å². The van der Waals surface area contributed by atoms with E-state index in [1.54, 1.807) is 28.0 Å². The summed E-state index contributed by atoms with van der Waals surface area (Å²) in [6.45, 7) is 3.66. The molecule has 6 heteroatoms. The van der Waals surface area contributed by atoms with E-state index in [-0.39, 0.29) is 18.6 Å². The third-order valence-electron chi connectivity index (χ3n) is 3.06. The van der Waals surface area contributed by atoms with Gasteiger partial charge in [0.25, 0.3) is 0 Å². The fraction of sp³-hybridized carbons (Fsp3) is 0.467. The van der Waals surface area contributed by atoms with Crippen molar-refractivity contribution in [2.45, 2.75) is 26.4 Å². The van der Waals surface area contributed by atoms with Crippen LogP contribution in [-0.2, 0) is 11.3 Å². The van der Waals surface area contributed by atoms with Gasteiger partial charge in [0, 0.05) is 19.6 Å². The maximum absolute atomic E-state index is 12.3. The van der Waals surface area contributed by atoms with Crippen LogP contribution in [0, 0.1) is 0 Å². The van der Waals surface area contributed by atoms with Gasteiger partial charge in [0.2, 0.25) is 0 Å². The molecule has 6 nitrogen and oxygen atoms in total. The van der Waals surface area contributed by atoms with E-state index >= 15 is 0 Å². The van der Waals surface area contributed by atoms with Gasteiger partial charge in [-0.25, -0.2) is 4.79 Å². The van der Waals surface area contributed by atoms with Gasteiger partial charge in [0.05, 0.1) is 7.11 Å². The number of benzene rings is 1. The summed E-state index contributed by atoms with van der Waals surface area (Å²) in [6.07, 6.45) is 0. The summed E-state index contributed by atoms with van der Waals surface area (Å²) in [5, 5.41) is 8.89. The second-order valence-electron chi connectivity index (χ2n) is 5.11. The summed E-state index contributed by atoms with van der Waals surface area (Å²) >= 11 is 0. The number of ether oxygens (including phenoxy) is 1. The number of rotatable bonds is 6. The first-order valence-electron chi connectivity index (χ1n) is 6.71. The zero-order chi connectivity index (χ0) is 16.0. The number of nitrogens with zero attached hydrogens (tertiary/aromatic N) is 2. The Bertz CT molecular complexity index is 502. The van der Waals surface area contributed by atoms with Crippen molar-refractivity contribution in [3.63, 3.8) is 0 Å². The van der Waals surface area contributed by atoms with Crippen molar-refractivity contribution in [3.05, 3.63) is 29.8 Å². The number of urea groups is 1. The molecule has 1 N–H and O–H groups in total. The molecule has 1 rings (SSSR count). The Labute approximate surface area is 124 Å². The number of hydrogen-bond donors (Lipinski definition) is 1. The predicted octanol–water partition coefficient (Wildman–Crippen LogP) is 2.04. The molecule has 21 heavy (non-hydrogen) atoms. The molecule has 0 saturated carbocycles. The summed E-state index contributed by atoms with van der Waals surface area (Å²) in [7, 11) is 3.24. The Morgan fingerprint density at radius 3 is 2.52 bits per heavy atom. The molecule has 0 aromatic heterocycles. The number of hydrogen-bond acceptors (Lipinski definition) is 3. The van der Waals surface area contributed by atoms with Crippen LogP contribution in [-0.4, -0.2) is 53.7 Å². The topological polar surface area (TPSA) is 70.1 Å². The lowest BCUT2D eigenvalue weighted by molar-refractivity contribution is -0.138. The molecule has 116 valence electrons. The van der Waals surface area contributed by atoms with Crippen molar-refractivity contribution >= 4 is 12.0 Å². The summed E-state index contributed by atoms with van der Waals surface area (Å²) < 4.78 is 5.14. The first-order valence-corrected chi connectivity index (χ1v) is 6.71. The van der Waals surface area contributed by atoms with E-state index in [9.17, 15) is 9.59 Å². The van der Waals surface area contributed by atoms with E-state index in [0.717, 1.165) is 11.3 Å². The number of amides is 2. The molecule has 0 radical (unpaired) electrons. The third kappa shape index (κ3) is 4.98. The maximum Gasteiger partial charge on any atom is 0.323 e. The van der Waals surface area contributed by atoms with Gasteiger partial charge in [-0.1, -0.05) is 12.1 Å². The van der Waals surface area contributed by atoms with Crippen molar-refractivity contribution in [1.82, 2.24) is 9.80 Å². The molecule has 1 aromatic carbocycles. The molecule has 0 atom stereocenters. The molecule has 0 aliphatic carbocycles. The highest BCUT2D eigenvalue weighted by Gasteiger charge is 2.23. The zero-order valence-electron chi connectivity index (χ0n) is 12.9. The van der Waals surface area contributed by atoms with E-state index in [0.29, 0.717) is 6.54 Å². The highest BCUT2D eigenvalue weighted by Crippen LogP contribution is 2.15. The summed E-state index contributed by atoms with van der Waals surface area (Å²) in [4.78, 5) is 26.0. The second-order valence-corrected chi connectivity index (χ2v) is 5.11. The highest BCUT2D eigenvalue weighted by atomic mass is 16.5. The van der Waals surface area contributed by atoms with Crippen LogP contribution in [0.3, 0.4) is 0 Å². The Balaban J connectivity index is 2.78. The standard InChI is InChI=1S/C15H22N2O4/c1-11(2)17(10-14(18)19)15(20)16(3)9-12-6-5-7-13(8-12)21-4/h5-8,11H,9-10H2,1-4H3,(H,18,19). The van der Waals surface area contributed by atoms with Gasteiger partial charge in [0.15, 0.2) is 0 Å². The molecule has 2 amide bonds. The van der Waals surface area contributed by atoms with Gasteiger partial charge >= 0.3 is 12.0 Å². The Morgan fingerprint density at radius 1 is 1.33 bits per heavy atom. The third-order valence-corrected chi connectivity index (χ3v) is 3.06. The largest absolute Gasteiger partial charge is 0.497 e. The minimum Gasteiger partial charge on any atom is -0.497 e. The molecule has 0 heterocycles. The molecule has 0 unspecified atom stereocenters. The van der Waals surface area contributed by atoms with Crippen molar-refractivity contribution < 1.29 is 19.4 Å². The van der Waals surface area contributed by atoms with Crippen LogP contribution < -0.4 is 4.74 Å². The minimum atomic E-state index is -1.02. The first kappa shape index (κ1) is 16.8. The smallest absolute Gasteiger partial charge is 0.323 e. The second kappa shape index (κ2) is 7.52. The van der Waals surface area contributed by atoms with Crippen molar-refractivity contribution in [1.29, 1.82) is 0 Å². The lowest BCUT2D eigenvalue weighted by atomic mass is 10.2. The molecular weight excluding hydrogens is 272 g/mol. The highest BCUT2D eigenvalue weighted by molar-refractivity contribution is 5.80. The van der Waals surface area contributed by atoms with E-state index in [1.165, 1.54) is 9.80 Å². The van der Waals surface area contributed by atoms with E-state index in [2.05, 4.69) is 0 Å². The van der Waals surface area contributed by atoms with Gasteiger partial charge in [-0.05, 0) is 31.5 Å². The van der Waals surface area contributed by atoms with Crippen LogP contribution in [0.4, 0.5) is 4.79 Å². The zero-order valence-corrected chi connectivity index (χ0v) is 12.9. The fourth-order valence-corrected chi connectivity index (χ4v) is 1.95. The summed E-state index contributed by atoms with van der Waals surface area (Å²) in [5.41, 5.74) is 0.921. The van der Waals surface area contributed by atoms with E-state index in [4.69, 9.17) is 9.84 Å². The van der Waals surface area contributed by atoms with Crippen molar-refractivity contribution in [2.75, 3.05) is 20.7 Å². The normalized spacial score (nSPS) is 10.3.